The first-order valence-electron chi connectivity index (χ1n) is 7.31. The molecule has 4 nitrogen and oxygen atoms in total. The van der Waals surface area contributed by atoms with E-state index in [4.69, 9.17) is 4.74 Å². The van der Waals surface area contributed by atoms with Gasteiger partial charge in [0.25, 0.3) is 0 Å². The first-order chi connectivity index (χ1) is 9.78. The summed E-state index contributed by atoms with van der Waals surface area (Å²) < 4.78 is 5.10. The van der Waals surface area contributed by atoms with Crippen LogP contribution < -0.4 is 15.4 Å². The Kier molecular flexibility index (Phi) is 5.87. The molecular weight excluding hydrogens is 252 g/mol. The van der Waals surface area contributed by atoms with E-state index in [-0.39, 0.29) is 5.91 Å². The van der Waals surface area contributed by atoms with Crippen molar-refractivity contribution >= 4 is 5.91 Å². The highest BCUT2D eigenvalue weighted by Gasteiger charge is 2.14. The Bertz CT molecular complexity index is 411. The van der Waals surface area contributed by atoms with Crippen molar-refractivity contribution < 1.29 is 9.53 Å². The number of amides is 1. The number of hydrogen-bond donors (Lipinski definition) is 1. The van der Waals surface area contributed by atoms with Gasteiger partial charge >= 0.3 is 0 Å². The highest BCUT2D eigenvalue weighted by atomic mass is 16.5. The van der Waals surface area contributed by atoms with E-state index in [1.54, 1.807) is 7.11 Å². The van der Waals surface area contributed by atoms with Crippen LogP contribution in [0.15, 0.2) is 24.3 Å². The van der Waals surface area contributed by atoms with Crippen molar-refractivity contribution in [3.8, 4) is 5.75 Å². The lowest BCUT2D eigenvalue weighted by atomic mass is 9.94. The van der Waals surface area contributed by atoms with Crippen LogP contribution in [0.25, 0.3) is 0 Å². The molecule has 1 aliphatic rings. The van der Waals surface area contributed by atoms with Crippen LogP contribution in [0, 0.1) is 5.92 Å². The van der Waals surface area contributed by atoms with Crippen molar-refractivity contribution in [2.75, 3.05) is 20.2 Å². The van der Waals surface area contributed by atoms with Crippen LogP contribution in [0.2, 0.25) is 0 Å². The minimum Gasteiger partial charge on any atom is -0.497 e. The number of carbonyl (C=O) groups is 1. The summed E-state index contributed by atoms with van der Waals surface area (Å²) >= 11 is 0. The Morgan fingerprint density at radius 2 is 2.20 bits per heavy atom. The maximum atomic E-state index is 11.8. The van der Waals surface area contributed by atoms with E-state index in [9.17, 15) is 4.79 Å². The van der Waals surface area contributed by atoms with Gasteiger partial charge in [-0.2, -0.15) is 0 Å². The summed E-state index contributed by atoms with van der Waals surface area (Å²) in [5, 5.41) is 7.37. The lowest BCUT2D eigenvalue weighted by molar-refractivity contribution is -0.121. The van der Waals surface area contributed by atoms with E-state index in [2.05, 4.69) is 10.6 Å². The van der Waals surface area contributed by atoms with Gasteiger partial charge in [-0.15, -0.1) is 0 Å². The number of methoxy groups -OCH3 is 1. The van der Waals surface area contributed by atoms with E-state index in [0.29, 0.717) is 18.9 Å². The molecule has 0 bridgehead atoms. The number of benzene rings is 1. The summed E-state index contributed by atoms with van der Waals surface area (Å²) in [6.45, 7) is 2.52. The van der Waals surface area contributed by atoms with Gasteiger partial charge in [0.05, 0.1) is 7.11 Å². The Labute approximate surface area is 120 Å². The number of nitrogens with one attached hydrogen (secondary N) is 1. The number of rotatable bonds is 6. The summed E-state index contributed by atoms with van der Waals surface area (Å²) in [6, 6.07) is 7.76. The molecule has 0 spiro atoms. The smallest absolute Gasteiger partial charge is 0.220 e. The Hall–Kier alpha value is -1.55. The van der Waals surface area contributed by atoms with Crippen molar-refractivity contribution in [2.45, 2.75) is 32.2 Å². The monoisotopic (exact) mass is 275 g/mol. The molecule has 1 aromatic rings. The predicted molar refractivity (Wildman–Crippen MR) is 78.7 cm³/mol. The molecule has 0 aromatic heterocycles. The van der Waals surface area contributed by atoms with Crippen LogP contribution in [0.3, 0.4) is 0 Å². The maximum absolute atomic E-state index is 11.8. The van der Waals surface area contributed by atoms with Gasteiger partial charge < -0.3 is 10.1 Å². The summed E-state index contributed by atoms with van der Waals surface area (Å²) in [4.78, 5) is 11.8. The summed E-state index contributed by atoms with van der Waals surface area (Å²) in [7, 11) is 1.65. The third-order valence-corrected chi connectivity index (χ3v) is 3.74. The Morgan fingerprint density at radius 1 is 1.40 bits per heavy atom. The number of hydrogen-bond acceptors (Lipinski definition) is 2. The summed E-state index contributed by atoms with van der Waals surface area (Å²) in [6.07, 6.45) is 3.96. The largest absolute Gasteiger partial charge is 0.497 e. The molecule has 1 N–H and O–H groups in total. The highest BCUT2D eigenvalue weighted by molar-refractivity contribution is 5.75. The molecule has 1 unspecified atom stereocenters. The third kappa shape index (κ3) is 4.85. The Balaban J connectivity index is 1.66. The third-order valence-electron chi connectivity index (χ3n) is 3.74. The van der Waals surface area contributed by atoms with Crippen molar-refractivity contribution in [1.82, 2.24) is 10.6 Å². The highest BCUT2D eigenvalue weighted by Crippen LogP contribution is 2.16. The molecule has 1 heterocycles. The number of carbonyl (C=O) groups excluding carboxylic acids is 1. The summed E-state index contributed by atoms with van der Waals surface area (Å²) in [5.74, 6) is 1.57. The zero-order chi connectivity index (χ0) is 14.2. The van der Waals surface area contributed by atoms with Crippen LogP contribution in [0.5, 0.6) is 5.75 Å². The van der Waals surface area contributed by atoms with Crippen LogP contribution in [0.4, 0.5) is 0 Å². The van der Waals surface area contributed by atoms with E-state index < -0.39 is 0 Å². The molecule has 20 heavy (non-hydrogen) atoms. The Morgan fingerprint density at radius 3 is 2.85 bits per heavy atom. The van der Waals surface area contributed by atoms with Crippen LogP contribution >= 0.6 is 0 Å². The van der Waals surface area contributed by atoms with Crippen molar-refractivity contribution in [3.05, 3.63) is 29.8 Å². The maximum Gasteiger partial charge on any atom is 0.220 e. The second-order valence-corrected chi connectivity index (χ2v) is 5.30. The molecule has 1 saturated heterocycles. The predicted octanol–water partition coefficient (Wildman–Crippen LogP) is 2.11. The number of piperidine rings is 1. The van der Waals surface area contributed by atoms with Gasteiger partial charge in [-0.05, 0) is 42.9 Å². The summed E-state index contributed by atoms with van der Waals surface area (Å²) in [5.41, 5.74) is 1.09. The first-order valence-corrected chi connectivity index (χ1v) is 7.31. The molecule has 1 atom stereocenters. The van der Waals surface area contributed by atoms with Gasteiger partial charge in [0, 0.05) is 26.1 Å². The second-order valence-electron chi connectivity index (χ2n) is 5.30. The first kappa shape index (κ1) is 14.9. The fraction of sp³-hybridized carbons (Fsp3) is 0.562. The topological polar surface area (TPSA) is 52.4 Å². The van der Waals surface area contributed by atoms with Crippen molar-refractivity contribution in [1.29, 1.82) is 0 Å². The standard InChI is InChI=1S/C16H23N2O2/c1-20-15-7-4-14(5-8-15)12-18-16(19)9-6-13-3-2-10-17-11-13/h4-5,7-8,13H,2-3,6,9-12H2,1H3,(H,18,19). The van der Waals surface area contributed by atoms with Crippen LogP contribution in [-0.4, -0.2) is 26.1 Å². The fourth-order valence-corrected chi connectivity index (χ4v) is 2.46. The van der Waals surface area contributed by atoms with Gasteiger partial charge in [0.2, 0.25) is 5.91 Å². The van der Waals surface area contributed by atoms with Crippen molar-refractivity contribution in [2.24, 2.45) is 5.92 Å². The van der Waals surface area contributed by atoms with Gasteiger partial charge in [-0.3, -0.25) is 4.79 Å². The zero-order valence-electron chi connectivity index (χ0n) is 12.1. The lowest BCUT2D eigenvalue weighted by Gasteiger charge is -2.20. The van der Waals surface area contributed by atoms with Gasteiger partial charge in [-0.25, -0.2) is 5.32 Å². The van der Waals surface area contributed by atoms with E-state index in [1.807, 2.05) is 24.3 Å². The molecule has 109 valence electrons. The van der Waals surface area contributed by atoms with E-state index >= 15 is 0 Å². The second kappa shape index (κ2) is 7.90. The van der Waals surface area contributed by atoms with Gasteiger partial charge in [0.15, 0.2) is 0 Å². The van der Waals surface area contributed by atoms with Gasteiger partial charge in [0.1, 0.15) is 5.75 Å². The van der Waals surface area contributed by atoms with E-state index in [1.165, 1.54) is 12.8 Å². The normalized spacial score (nSPS) is 18.6. The lowest BCUT2D eigenvalue weighted by Crippen LogP contribution is -2.27. The minimum atomic E-state index is 0.131. The number of nitrogens with zero attached hydrogens (tertiary/aromatic N) is 1. The minimum absolute atomic E-state index is 0.131. The molecule has 0 saturated carbocycles. The van der Waals surface area contributed by atoms with E-state index in [0.717, 1.165) is 30.8 Å². The zero-order valence-corrected chi connectivity index (χ0v) is 12.1. The molecule has 1 radical (unpaired) electrons. The molecule has 4 heteroatoms. The van der Waals surface area contributed by atoms with Crippen LogP contribution in [0.1, 0.15) is 31.2 Å². The average molecular weight is 275 g/mol. The molecule has 1 aliphatic heterocycles. The molecular formula is C16H23N2O2. The molecule has 1 amide bonds. The van der Waals surface area contributed by atoms with Crippen molar-refractivity contribution in [3.63, 3.8) is 0 Å². The van der Waals surface area contributed by atoms with Gasteiger partial charge in [-0.1, -0.05) is 12.1 Å². The average Bonchev–Trinajstić information content (AvgIpc) is 2.52. The fourth-order valence-electron chi connectivity index (χ4n) is 2.46. The molecule has 1 aromatic carbocycles. The van der Waals surface area contributed by atoms with Crippen LogP contribution in [-0.2, 0) is 11.3 Å². The number of ether oxygens (including phenoxy) is 1. The molecule has 0 aliphatic carbocycles. The SMILES string of the molecule is COc1ccc(CNC(=O)CCC2CCC[N]C2)cc1. The molecule has 2 rings (SSSR count). The molecule has 1 fully saturated rings. The quantitative estimate of drug-likeness (QED) is 0.864.